The second kappa shape index (κ2) is 6.20. The van der Waals surface area contributed by atoms with Crippen molar-refractivity contribution in [1.29, 1.82) is 0 Å². The number of aromatic amines is 1. The van der Waals surface area contributed by atoms with E-state index in [1.54, 1.807) is 0 Å². The summed E-state index contributed by atoms with van der Waals surface area (Å²) < 4.78 is 46.3. The molecular weight excluding hydrogens is 305 g/mol. The number of nitrogens with one attached hydrogen (secondary N) is 1. The number of nitrogens with zero attached hydrogens (tertiary/aromatic N) is 1. The smallest absolute Gasteiger partial charge is 0.422 e. The first-order chi connectivity index (χ1) is 10.3. The molecule has 6 nitrogen and oxygen atoms in total. The van der Waals surface area contributed by atoms with Crippen LogP contribution in [0.5, 0.6) is 5.88 Å². The first-order valence-electron chi connectivity index (χ1n) is 6.57. The Balaban J connectivity index is 2.58. The van der Waals surface area contributed by atoms with Gasteiger partial charge < -0.3 is 9.15 Å². The van der Waals surface area contributed by atoms with Gasteiger partial charge in [-0.15, -0.1) is 0 Å². The Morgan fingerprint density at radius 1 is 1.36 bits per heavy atom. The molecule has 0 radical (unpaired) electrons. The first kappa shape index (κ1) is 16.1. The number of hydrogen-bond acceptors (Lipinski definition) is 5. The molecule has 22 heavy (non-hydrogen) atoms. The zero-order chi connectivity index (χ0) is 16.3. The number of rotatable bonds is 5. The van der Waals surface area contributed by atoms with Crippen LogP contribution in [0.1, 0.15) is 25.3 Å². The summed E-state index contributed by atoms with van der Waals surface area (Å²) in [5, 5.41) is 0.0805. The maximum atomic E-state index is 12.3. The number of halogens is 3. The molecule has 0 aliphatic carbocycles. The summed E-state index contributed by atoms with van der Waals surface area (Å²) in [6, 6.07) is 1.17. The molecule has 2 rings (SSSR count). The van der Waals surface area contributed by atoms with Crippen molar-refractivity contribution >= 4 is 11.1 Å². The van der Waals surface area contributed by atoms with E-state index in [9.17, 15) is 22.8 Å². The summed E-state index contributed by atoms with van der Waals surface area (Å²) >= 11 is 0. The van der Waals surface area contributed by atoms with E-state index in [1.165, 1.54) is 6.07 Å². The summed E-state index contributed by atoms with van der Waals surface area (Å²) in [7, 11) is 0. The van der Waals surface area contributed by atoms with Crippen LogP contribution >= 0.6 is 0 Å². The standard InChI is InChI=1S/C13H13F3N2O4/c1-2-3-4-7-5-8(19)22-11-9(7)10(17-12(20)18-11)21-6-13(14,15)16/h5H,2-4,6H2,1H3,(H,17,18,20). The highest BCUT2D eigenvalue weighted by Gasteiger charge is 2.29. The molecule has 0 aliphatic heterocycles. The fourth-order valence-electron chi connectivity index (χ4n) is 1.96. The number of hydrogen-bond donors (Lipinski definition) is 1. The quantitative estimate of drug-likeness (QED) is 0.913. The van der Waals surface area contributed by atoms with Gasteiger partial charge >= 0.3 is 17.5 Å². The third kappa shape index (κ3) is 3.86. The van der Waals surface area contributed by atoms with E-state index in [1.807, 2.05) is 6.92 Å². The molecule has 0 spiro atoms. The Labute approximate surface area is 121 Å². The predicted molar refractivity (Wildman–Crippen MR) is 71.1 cm³/mol. The lowest BCUT2D eigenvalue weighted by molar-refractivity contribution is -0.153. The lowest BCUT2D eigenvalue weighted by Crippen LogP contribution is -2.22. The van der Waals surface area contributed by atoms with Crippen LogP contribution < -0.4 is 16.1 Å². The number of alkyl halides is 3. The molecule has 0 saturated carbocycles. The second-order valence-electron chi connectivity index (χ2n) is 4.65. The highest BCUT2D eigenvalue weighted by atomic mass is 19.4. The molecule has 0 aromatic carbocycles. The third-order valence-corrected chi connectivity index (χ3v) is 2.85. The van der Waals surface area contributed by atoms with Crippen LogP contribution in [-0.2, 0) is 6.42 Å². The molecule has 0 saturated heterocycles. The number of H-pyrrole nitrogens is 1. The van der Waals surface area contributed by atoms with Gasteiger partial charge in [-0.3, -0.25) is 4.98 Å². The van der Waals surface area contributed by atoms with E-state index in [0.717, 1.165) is 6.42 Å². The second-order valence-corrected chi connectivity index (χ2v) is 4.65. The van der Waals surface area contributed by atoms with Crippen molar-refractivity contribution in [1.82, 2.24) is 9.97 Å². The van der Waals surface area contributed by atoms with Crippen molar-refractivity contribution < 1.29 is 22.3 Å². The van der Waals surface area contributed by atoms with Crippen LogP contribution in [0, 0.1) is 0 Å². The Morgan fingerprint density at radius 2 is 2.09 bits per heavy atom. The van der Waals surface area contributed by atoms with Crippen LogP contribution in [-0.4, -0.2) is 22.8 Å². The average Bonchev–Trinajstić information content (AvgIpc) is 2.40. The summed E-state index contributed by atoms with van der Waals surface area (Å²) in [4.78, 5) is 28.5. The maximum absolute atomic E-state index is 12.3. The highest BCUT2D eigenvalue weighted by molar-refractivity contribution is 5.82. The van der Waals surface area contributed by atoms with Crippen LogP contribution in [0.15, 0.2) is 20.1 Å². The van der Waals surface area contributed by atoms with Crippen molar-refractivity contribution in [3.8, 4) is 5.88 Å². The molecule has 0 atom stereocenters. The number of fused-ring (bicyclic) bond motifs is 1. The number of aromatic nitrogens is 2. The van der Waals surface area contributed by atoms with Gasteiger partial charge in [-0.05, 0) is 18.4 Å². The lowest BCUT2D eigenvalue weighted by Gasteiger charge is -2.11. The van der Waals surface area contributed by atoms with Crippen molar-refractivity contribution in [2.24, 2.45) is 0 Å². The van der Waals surface area contributed by atoms with E-state index in [-0.39, 0.29) is 11.1 Å². The minimum atomic E-state index is -4.57. The lowest BCUT2D eigenvalue weighted by atomic mass is 10.1. The molecular formula is C13H13F3N2O4. The topological polar surface area (TPSA) is 85.2 Å². The molecule has 0 aliphatic rings. The summed E-state index contributed by atoms with van der Waals surface area (Å²) in [5.74, 6) is -0.495. The Bertz CT molecular complexity index is 774. The van der Waals surface area contributed by atoms with Crippen molar-refractivity contribution in [3.63, 3.8) is 0 Å². The SMILES string of the molecule is CCCCc1cc(=O)oc2[nH]c(=O)nc(OCC(F)(F)F)c12. The summed E-state index contributed by atoms with van der Waals surface area (Å²) in [6.07, 6.45) is -2.63. The van der Waals surface area contributed by atoms with Crippen LogP contribution in [0.3, 0.4) is 0 Å². The molecule has 9 heteroatoms. The van der Waals surface area contributed by atoms with Crippen LogP contribution in [0.25, 0.3) is 11.1 Å². The minimum Gasteiger partial charge on any atom is -0.467 e. The van der Waals surface area contributed by atoms with Gasteiger partial charge in [-0.1, -0.05) is 13.3 Å². The van der Waals surface area contributed by atoms with E-state index >= 15 is 0 Å². The Kier molecular flexibility index (Phi) is 4.53. The highest BCUT2D eigenvalue weighted by Crippen LogP contribution is 2.26. The molecule has 1 N–H and O–H groups in total. The van der Waals surface area contributed by atoms with Gasteiger partial charge in [-0.25, -0.2) is 9.59 Å². The van der Waals surface area contributed by atoms with E-state index < -0.39 is 30.0 Å². The number of unbranched alkanes of at least 4 members (excludes halogenated alkanes) is 1. The van der Waals surface area contributed by atoms with E-state index in [4.69, 9.17) is 4.42 Å². The van der Waals surface area contributed by atoms with E-state index in [2.05, 4.69) is 14.7 Å². The summed E-state index contributed by atoms with van der Waals surface area (Å²) in [5.41, 5.74) is -1.48. The largest absolute Gasteiger partial charge is 0.467 e. The van der Waals surface area contributed by atoms with E-state index in [0.29, 0.717) is 18.4 Å². The molecule has 120 valence electrons. The maximum Gasteiger partial charge on any atom is 0.422 e. The monoisotopic (exact) mass is 318 g/mol. The Hall–Kier alpha value is -2.32. The predicted octanol–water partition coefficient (Wildman–Crippen LogP) is 2.16. The fraction of sp³-hybridized carbons (Fsp3) is 0.462. The average molecular weight is 318 g/mol. The molecule has 0 fully saturated rings. The van der Waals surface area contributed by atoms with Crippen molar-refractivity contribution in [2.45, 2.75) is 32.4 Å². The van der Waals surface area contributed by atoms with Crippen LogP contribution in [0.2, 0.25) is 0 Å². The van der Waals surface area contributed by atoms with Crippen molar-refractivity contribution in [3.05, 3.63) is 32.5 Å². The normalized spacial score (nSPS) is 11.8. The Morgan fingerprint density at radius 3 is 2.73 bits per heavy atom. The number of aryl methyl sites for hydroxylation is 1. The fourth-order valence-corrected chi connectivity index (χ4v) is 1.96. The molecule has 0 amide bonds. The molecule has 2 heterocycles. The van der Waals surface area contributed by atoms with Crippen LogP contribution in [0.4, 0.5) is 13.2 Å². The molecule has 2 aromatic rings. The van der Waals surface area contributed by atoms with Gasteiger partial charge in [0.05, 0.1) is 0 Å². The zero-order valence-corrected chi connectivity index (χ0v) is 11.6. The van der Waals surface area contributed by atoms with Gasteiger partial charge in [0.25, 0.3) is 0 Å². The van der Waals surface area contributed by atoms with Gasteiger partial charge in [0.1, 0.15) is 5.39 Å². The zero-order valence-electron chi connectivity index (χ0n) is 11.6. The van der Waals surface area contributed by atoms with Gasteiger partial charge in [0, 0.05) is 6.07 Å². The van der Waals surface area contributed by atoms with Gasteiger partial charge in [-0.2, -0.15) is 18.2 Å². The molecule has 0 bridgehead atoms. The third-order valence-electron chi connectivity index (χ3n) is 2.85. The molecule has 0 unspecified atom stereocenters. The number of ether oxygens (including phenoxy) is 1. The van der Waals surface area contributed by atoms with Gasteiger partial charge in [0.15, 0.2) is 6.61 Å². The summed E-state index contributed by atoms with van der Waals surface area (Å²) in [6.45, 7) is 0.333. The minimum absolute atomic E-state index is 0.0805. The first-order valence-corrected chi connectivity index (χ1v) is 6.57. The molecule has 2 aromatic heterocycles. The van der Waals surface area contributed by atoms with Gasteiger partial charge in [0.2, 0.25) is 11.6 Å². The van der Waals surface area contributed by atoms with Crippen molar-refractivity contribution in [2.75, 3.05) is 6.61 Å².